The van der Waals surface area contributed by atoms with E-state index in [2.05, 4.69) is 5.32 Å². The Bertz CT molecular complexity index is 739. The van der Waals surface area contributed by atoms with Crippen LogP contribution >= 0.6 is 0 Å². The van der Waals surface area contributed by atoms with Crippen molar-refractivity contribution in [2.75, 3.05) is 20.2 Å². The van der Waals surface area contributed by atoms with Gasteiger partial charge in [-0.2, -0.15) is 4.31 Å². The molecule has 2 unspecified atom stereocenters. The van der Waals surface area contributed by atoms with Gasteiger partial charge in [-0.15, -0.1) is 0 Å². The van der Waals surface area contributed by atoms with Crippen LogP contribution in [0.1, 0.15) is 39.5 Å². The molecule has 0 radical (unpaired) electrons. The van der Waals surface area contributed by atoms with Crippen molar-refractivity contribution in [1.82, 2.24) is 9.62 Å². The summed E-state index contributed by atoms with van der Waals surface area (Å²) in [6, 6.07) is 3.46. The summed E-state index contributed by atoms with van der Waals surface area (Å²) in [5.41, 5.74) is 0. The van der Waals surface area contributed by atoms with E-state index in [1.165, 1.54) is 17.5 Å². The van der Waals surface area contributed by atoms with E-state index >= 15 is 0 Å². The van der Waals surface area contributed by atoms with Crippen LogP contribution in [-0.2, 0) is 14.8 Å². The second kappa shape index (κ2) is 8.81. The molecule has 0 saturated carbocycles. The zero-order valence-electron chi connectivity index (χ0n) is 15.5. The average Bonchev–Trinajstić information content (AvgIpc) is 2.62. The van der Waals surface area contributed by atoms with Gasteiger partial charge in [-0.3, -0.25) is 4.79 Å². The second-order valence-corrected chi connectivity index (χ2v) is 8.60. The maximum atomic E-state index is 13.6. The quantitative estimate of drug-likeness (QED) is 0.781. The molecule has 1 aromatic rings. The molecule has 1 saturated heterocycles. The molecule has 2 atom stereocenters. The van der Waals surface area contributed by atoms with Crippen LogP contribution in [0.2, 0.25) is 0 Å². The molecule has 6 nitrogen and oxygen atoms in total. The number of ether oxygens (including phenoxy) is 1. The molecule has 2 rings (SSSR count). The van der Waals surface area contributed by atoms with E-state index in [9.17, 15) is 17.6 Å². The van der Waals surface area contributed by atoms with E-state index in [0.29, 0.717) is 19.4 Å². The molecule has 1 aliphatic rings. The fourth-order valence-electron chi connectivity index (χ4n) is 3.23. The van der Waals surface area contributed by atoms with Gasteiger partial charge < -0.3 is 10.1 Å². The Balaban J connectivity index is 2.18. The fourth-order valence-corrected chi connectivity index (χ4v) is 4.92. The highest BCUT2D eigenvalue weighted by Crippen LogP contribution is 2.30. The smallest absolute Gasteiger partial charge is 0.246 e. The first-order chi connectivity index (χ1) is 12.3. The lowest BCUT2D eigenvalue weighted by Gasteiger charge is -2.32. The number of piperidine rings is 1. The number of methoxy groups -OCH3 is 1. The number of benzene rings is 1. The minimum atomic E-state index is -3.94. The van der Waals surface area contributed by atoms with E-state index in [1.54, 1.807) is 0 Å². The third kappa shape index (κ3) is 4.73. The van der Waals surface area contributed by atoms with Crippen LogP contribution in [0.5, 0.6) is 5.75 Å². The van der Waals surface area contributed by atoms with Crippen molar-refractivity contribution < 1.29 is 22.3 Å². The van der Waals surface area contributed by atoms with Crippen molar-refractivity contribution in [3.05, 3.63) is 24.0 Å². The van der Waals surface area contributed by atoms with Gasteiger partial charge >= 0.3 is 0 Å². The lowest BCUT2D eigenvalue weighted by molar-refractivity contribution is -0.126. The maximum absolute atomic E-state index is 13.6. The van der Waals surface area contributed by atoms with Crippen LogP contribution in [0.15, 0.2) is 23.1 Å². The van der Waals surface area contributed by atoms with Gasteiger partial charge in [0.2, 0.25) is 15.9 Å². The molecule has 1 aliphatic heterocycles. The summed E-state index contributed by atoms with van der Waals surface area (Å²) in [7, 11) is -2.60. The molecule has 26 heavy (non-hydrogen) atoms. The van der Waals surface area contributed by atoms with E-state index in [4.69, 9.17) is 4.74 Å². The summed E-state index contributed by atoms with van der Waals surface area (Å²) in [4.78, 5) is 12.2. The van der Waals surface area contributed by atoms with E-state index < -0.39 is 21.8 Å². The number of hydrogen-bond acceptors (Lipinski definition) is 4. The first-order valence-electron chi connectivity index (χ1n) is 8.93. The van der Waals surface area contributed by atoms with Crippen LogP contribution in [-0.4, -0.2) is 44.9 Å². The van der Waals surface area contributed by atoms with Gasteiger partial charge in [0.15, 0.2) is 0 Å². The monoisotopic (exact) mass is 386 g/mol. The third-order valence-electron chi connectivity index (χ3n) is 4.61. The molecule has 0 bridgehead atoms. The minimum absolute atomic E-state index is 0.0581. The molecule has 146 valence electrons. The number of nitrogens with zero attached hydrogens (tertiary/aromatic N) is 1. The number of hydrogen-bond donors (Lipinski definition) is 1. The van der Waals surface area contributed by atoms with Crippen LogP contribution in [0.4, 0.5) is 4.39 Å². The van der Waals surface area contributed by atoms with Gasteiger partial charge in [-0.05, 0) is 44.4 Å². The fraction of sp³-hybridized carbons (Fsp3) is 0.611. The average molecular weight is 386 g/mol. The summed E-state index contributed by atoms with van der Waals surface area (Å²) in [6.07, 6.45) is 3.06. The number of sulfonamides is 1. The zero-order chi connectivity index (χ0) is 19.3. The van der Waals surface area contributed by atoms with E-state index in [1.807, 2.05) is 13.8 Å². The number of rotatable bonds is 7. The molecule has 1 N–H and O–H groups in total. The Morgan fingerprint density at radius 1 is 1.46 bits per heavy atom. The number of nitrogens with one attached hydrogen (secondary N) is 1. The highest BCUT2D eigenvalue weighted by Gasteiger charge is 2.35. The van der Waals surface area contributed by atoms with Crippen LogP contribution in [0, 0.1) is 11.7 Å². The van der Waals surface area contributed by atoms with Crippen LogP contribution < -0.4 is 10.1 Å². The third-order valence-corrected chi connectivity index (χ3v) is 6.50. The largest absolute Gasteiger partial charge is 0.495 e. The van der Waals surface area contributed by atoms with Gasteiger partial charge in [-0.25, -0.2) is 12.8 Å². The topological polar surface area (TPSA) is 75.7 Å². The highest BCUT2D eigenvalue weighted by molar-refractivity contribution is 7.89. The number of carbonyl (C=O) groups excluding carboxylic acids is 1. The molecular formula is C18H27FN2O4S. The summed E-state index contributed by atoms with van der Waals surface area (Å²) in [5, 5.41) is 2.95. The molecular weight excluding hydrogens is 359 g/mol. The summed E-state index contributed by atoms with van der Waals surface area (Å²) < 4.78 is 45.9. The lowest BCUT2D eigenvalue weighted by Crippen LogP contribution is -2.47. The highest BCUT2D eigenvalue weighted by atomic mass is 32.2. The predicted molar refractivity (Wildman–Crippen MR) is 96.9 cm³/mol. The van der Waals surface area contributed by atoms with Gasteiger partial charge in [-0.1, -0.05) is 13.3 Å². The van der Waals surface area contributed by atoms with Gasteiger partial charge in [0.25, 0.3) is 0 Å². The summed E-state index contributed by atoms with van der Waals surface area (Å²) in [6.45, 7) is 4.38. The molecule has 0 spiro atoms. The van der Waals surface area contributed by atoms with Crippen molar-refractivity contribution in [3.8, 4) is 5.75 Å². The summed E-state index contributed by atoms with van der Waals surface area (Å²) in [5.74, 6) is -1.09. The van der Waals surface area contributed by atoms with Crippen LogP contribution in [0.3, 0.4) is 0 Å². The van der Waals surface area contributed by atoms with Gasteiger partial charge in [0.1, 0.15) is 16.5 Å². The first-order valence-corrected chi connectivity index (χ1v) is 10.4. The standard InChI is InChI=1S/C18H27FN2O4S/c1-4-6-13(2)20-18(22)14-7-5-10-21(12-14)26(23,24)17-11-15(19)8-9-16(17)25-3/h8-9,11,13-14H,4-7,10,12H2,1-3H3,(H,20,22). The second-order valence-electron chi connectivity index (χ2n) is 6.70. The van der Waals surface area contributed by atoms with Crippen molar-refractivity contribution in [1.29, 1.82) is 0 Å². The van der Waals surface area contributed by atoms with E-state index in [0.717, 1.165) is 25.0 Å². The number of amides is 1. The molecule has 1 aromatic carbocycles. The SMILES string of the molecule is CCCC(C)NC(=O)C1CCCN(S(=O)(=O)c2cc(F)ccc2OC)C1. The Hall–Kier alpha value is -1.67. The van der Waals surface area contributed by atoms with Crippen molar-refractivity contribution in [2.45, 2.75) is 50.5 Å². The number of halogens is 1. The van der Waals surface area contributed by atoms with E-state index in [-0.39, 0.29) is 29.1 Å². The lowest BCUT2D eigenvalue weighted by atomic mass is 9.98. The molecule has 1 heterocycles. The Labute approximate surface area is 154 Å². The van der Waals surface area contributed by atoms with Crippen molar-refractivity contribution in [2.24, 2.45) is 5.92 Å². The molecule has 1 amide bonds. The molecule has 8 heteroatoms. The number of carbonyl (C=O) groups is 1. The Morgan fingerprint density at radius 3 is 2.85 bits per heavy atom. The van der Waals surface area contributed by atoms with Gasteiger partial charge in [0, 0.05) is 19.1 Å². The van der Waals surface area contributed by atoms with Crippen molar-refractivity contribution >= 4 is 15.9 Å². The maximum Gasteiger partial charge on any atom is 0.246 e. The molecule has 0 aromatic heterocycles. The zero-order valence-corrected chi connectivity index (χ0v) is 16.3. The first kappa shape index (κ1) is 20.6. The Kier molecular flexibility index (Phi) is 7.00. The Morgan fingerprint density at radius 2 is 2.19 bits per heavy atom. The molecule has 0 aliphatic carbocycles. The summed E-state index contributed by atoms with van der Waals surface area (Å²) >= 11 is 0. The van der Waals surface area contributed by atoms with Crippen LogP contribution in [0.25, 0.3) is 0 Å². The van der Waals surface area contributed by atoms with Gasteiger partial charge in [0.05, 0.1) is 13.0 Å². The molecule has 1 fully saturated rings. The van der Waals surface area contributed by atoms with Crippen molar-refractivity contribution in [3.63, 3.8) is 0 Å². The normalized spacial score (nSPS) is 19.8. The minimum Gasteiger partial charge on any atom is -0.495 e. The predicted octanol–water partition coefficient (Wildman–Crippen LogP) is 2.54.